The average molecular weight is 165 g/mol. The van der Waals surface area contributed by atoms with Gasteiger partial charge < -0.3 is 0 Å². The fourth-order valence-corrected chi connectivity index (χ4v) is 1.65. The molecule has 0 radical (unpaired) electrons. The molecule has 0 aromatic heterocycles. The van der Waals surface area contributed by atoms with E-state index in [0.717, 1.165) is 18.5 Å². The zero-order chi connectivity index (χ0) is 8.55. The van der Waals surface area contributed by atoms with Crippen LogP contribution < -0.4 is 0 Å². The molecule has 2 rings (SSSR count). The maximum atomic E-state index is 13.2. The molecule has 1 aliphatic rings. The number of hydrogen-bond acceptors (Lipinski definition) is 1. The molecule has 64 valence electrons. The van der Waals surface area contributed by atoms with Crippen LogP contribution in [0.5, 0.6) is 0 Å². The van der Waals surface area contributed by atoms with E-state index in [9.17, 15) is 4.39 Å². The number of likely N-dealkylation sites (tertiary alicyclic amines) is 1. The van der Waals surface area contributed by atoms with Gasteiger partial charge in [0.15, 0.2) is 0 Å². The first-order valence-electron chi connectivity index (χ1n) is 4.23. The molecule has 1 aliphatic heterocycles. The van der Waals surface area contributed by atoms with Crippen molar-refractivity contribution in [2.45, 2.75) is 12.5 Å². The van der Waals surface area contributed by atoms with Crippen LogP contribution in [0, 0.1) is 5.82 Å². The second-order valence-electron chi connectivity index (χ2n) is 3.31. The van der Waals surface area contributed by atoms with Crippen molar-refractivity contribution in [2.24, 2.45) is 0 Å². The van der Waals surface area contributed by atoms with Gasteiger partial charge in [-0.2, -0.15) is 0 Å². The lowest BCUT2D eigenvalue weighted by molar-refractivity contribution is 0.124. The highest BCUT2D eigenvalue weighted by atomic mass is 19.1. The molecule has 1 aromatic rings. The lowest BCUT2D eigenvalue weighted by Gasteiger charge is -2.38. The van der Waals surface area contributed by atoms with Crippen LogP contribution in [0.3, 0.4) is 0 Å². The standard InChI is InChI=1S/C10H12FN/c1-12-7-6-10(12)8-4-2-3-5-9(8)11/h2-5,10H,6-7H2,1H3. The van der Waals surface area contributed by atoms with Gasteiger partial charge in [0.1, 0.15) is 5.82 Å². The molecule has 0 amide bonds. The van der Waals surface area contributed by atoms with Crippen LogP contribution in [0.25, 0.3) is 0 Å². The molecule has 0 spiro atoms. The van der Waals surface area contributed by atoms with Gasteiger partial charge in [0, 0.05) is 18.2 Å². The topological polar surface area (TPSA) is 3.24 Å². The Morgan fingerprint density at radius 3 is 2.67 bits per heavy atom. The highest BCUT2D eigenvalue weighted by Crippen LogP contribution is 2.32. The molecule has 1 nitrogen and oxygen atoms in total. The Kier molecular flexibility index (Phi) is 1.85. The smallest absolute Gasteiger partial charge is 0.127 e. The molecule has 12 heavy (non-hydrogen) atoms. The van der Waals surface area contributed by atoms with Crippen LogP contribution in [-0.2, 0) is 0 Å². The maximum absolute atomic E-state index is 13.2. The summed E-state index contributed by atoms with van der Waals surface area (Å²) in [5.74, 6) is -0.0750. The Bertz CT molecular complexity index is 285. The molecule has 1 saturated heterocycles. The fraction of sp³-hybridized carbons (Fsp3) is 0.400. The van der Waals surface area contributed by atoms with Crippen molar-refractivity contribution in [3.63, 3.8) is 0 Å². The third kappa shape index (κ3) is 1.12. The minimum atomic E-state index is -0.0750. The third-order valence-corrected chi connectivity index (χ3v) is 2.55. The Morgan fingerprint density at radius 1 is 1.42 bits per heavy atom. The van der Waals surface area contributed by atoms with E-state index in [0.29, 0.717) is 6.04 Å². The fourth-order valence-electron chi connectivity index (χ4n) is 1.65. The van der Waals surface area contributed by atoms with Gasteiger partial charge in [-0.05, 0) is 19.5 Å². The van der Waals surface area contributed by atoms with Gasteiger partial charge in [-0.25, -0.2) is 4.39 Å². The van der Waals surface area contributed by atoms with E-state index in [2.05, 4.69) is 4.90 Å². The summed E-state index contributed by atoms with van der Waals surface area (Å²) in [6, 6.07) is 7.34. The number of benzene rings is 1. The molecule has 0 bridgehead atoms. The predicted molar refractivity (Wildman–Crippen MR) is 46.4 cm³/mol. The van der Waals surface area contributed by atoms with Crippen molar-refractivity contribution in [3.05, 3.63) is 35.6 Å². The molecular formula is C10H12FN. The lowest BCUT2D eigenvalue weighted by Crippen LogP contribution is -2.37. The van der Waals surface area contributed by atoms with Gasteiger partial charge >= 0.3 is 0 Å². The summed E-state index contributed by atoms with van der Waals surface area (Å²) >= 11 is 0. The average Bonchev–Trinajstić information content (AvgIpc) is 2.06. The summed E-state index contributed by atoms with van der Waals surface area (Å²) in [6.45, 7) is 1.08. The first-order valence-corrected chi connectivity index (χ1v) is 4.23. The van der Waals surface area contributed by atoms with Gasteiger partial charge in [0.2, 0.25) is 0 Å². The van der Waals surface area contributed by atoms with Crippen molar-refractivity contribution < 1.29 is 4.39 Å². The van der Waals surface area contributed by atoms with E-state index in [1.165, 1.54) is 6.07 Å². The monoisotopic (exact) mass is 165 g/mol. The Labute approximate surface area is 71.8 Å². The number of halogens is 1. The quantitative estimate of drug-likeness (QED) is 0.616. The van der Waals surface area contributed by atoms with Gasteiger partial charge in [0.05, 0.1) is 0 Å². The molecule has 1 heterocycles. The predicted octanol–water partition coefficient (Wildman–Crippen LogP) is 2.20. The number of nitrogens with zero attached hydrogens (tertiary/aromatic N) is 1. The first-order chi connectivity index (χ1) is 5.79. The highest BCUT2D eigenvalue weighted by molar-refractivity contribution is 5.22. The van der Waals surface area contributed by atoms with Crippen LogP contribution in [0.2, 0.25) is 0 Å². The van der Waals surface area contributed by atoms with Crippen molar-refractivity contribution in [3.8, 4) is 0 Å². The van der Waals surface area contributed by atoms with Gasteiger partial charge in [-0.15, -0.1) is 0 Å². The zero-order valence-corrected chi connectivity index (χ0v) is 7.13. The molecule has 1 aromatic carbocycles. The minimum Gasteiger partial charge on any atom is -0.299 e. The van der Waals surface area contributed by atoms with E-state index in [-0.39, 0.29) is 5.82 Å². The molecule has 0 aliphatic carbocycles. The van der Waals surface area contributed by atoms with Gasteiger partial charge in [-0.1, -0.05) is 18.2 Å². The molecule has 1 fully saturated rings. The second kappa shape index (κ2) is 2.87. The van der Waals surface area contributed by atoms with E-state index in [1.54, 1.807) is 6.07 Å². The second-order valence-corrected chi connectivity index (χ2v) is 3.31. The zero-order valence-electron chi connectivity index (χ0n) is 7.13. The number of rotatable bonds is 1. The minimum absolute atomic E-state index is 0.0750. The largest absolute Gasteiger partial charge is 0.299 e. The molecule has 0 saturated carbocycles. The molecule has 1 atom stereocenters. The van der Waals surface area contributed by atoms with Crippen molar-refractivity contribution in [1.29, 1.82) is 0 Å². The maximum Gasteiger partial charge on any atom is 0.127 e. The van der Waals surface area contributed by atoms with E-state index in [4.69, 9.17) is 0 Å². The van der Waals surface area contributed by atoms with E-state index >= 15 is 0 Å². The van der Waals surface area contributed by atoms with Crippen molar-refractivity contribution >= 4 is 0 Å². The number of hydrogen-bond donors (Lipinski definition) is 0. The SMILES string of the molecule is CN1CCC1c1ccccc1F. The van der Waals surface area contributed by atoms with Crippen LogP contribution in [0.4, 0.5) is 4.39 Å². The highest BCUT2D eigenvalue weighted by Gasteiger charge is 2.27. The summed E-state index contributed by atoms with van der Waals surface area (Å²) in [4.78, 5) is 2.17. The molecule has 2 heteroatoms. The first kappa shape index (κ1) is 7.74. The summed E-state index contributed by atoms with van der Waals surface area (Å²) in [6.07, 6.45) is 1.08. The summed E-state index contributed by atoms with van der Waals surface area (Å²) < 4.78 is 13.2. The molecule has 0 N–H and O–H groups in total. The van der Waals surface area contributed by atoms with Crippen LogP contribution >= 0.6 is 0 Å². The van der Waals surface area contributed by atoms with Crippen molar-refractivity contribution in [1.82, 2.24) is 4.90 Å². The van der Waals surface area contributed by atoms with Gasteiger partial charge in [0.25, 0.3) is 0 Å². The van der Waals surface area contributed by atoms with Crippen LogP contribution in [-0.4, -0.2) is 18.5 Å². The van der Waals surface area contributed by atoms with Crippen LogP contribution in [0.1, 0.15) is 18.0 Å². The normalized spacial score (nSPS) is 23.7. The lowest BCUT2D eigenvalue weighted by atomic mass is 9.95. The van der Waals surface area contributed by atoms with E-state index in [1.807, 2.05) is 19.2 Å². The summed E-state index contributed by atoms with van der Waals surface area (Å²) in [5.41, 5.74) is 0.839. The molecule has 1 unspecified atom stereocenters. The molecular weight excluding hydrogens is 153 g/mol. The Hall–Kier alpha value is -0.890. The van der Waals surface area contributed by atoms with Gasteiger partial charge in [-0.3, -0.25) is 4.90 Å². The third-order valence-electron chi connectivity index (χ3n) is 2.55. The van der Waals surface area contributed by atoms with Crippen molar-refractivity contribution in [2.75, 3.05) is 13.6 Å². The summed E-state index contributed by atoms with van der Waals surface area (Å²) in [5, 5.41) is 0. The van der Waals surface area contributed by atoms with Crippen LogP contribution in [0.15, 0.2) is 24.3 Å². The Balaban J connectivity index is 2.27. The Morgan fingerprint density at radius 2 is 2.17 bits per heavy atom. The van der Waals surface area contributed by atoms with E-state index < -0.39 is 0 Å². The summed E-state index contributed by atoms with van der Waals surface area (Å²) in [7, 11) is 2.03.